The van der Waals surface area contributed by atoms with Gasteiger partial charge in [0.05, 0.1) is 44.8 Å². The van der Waals surface area contributed by atoms with Crippen molar-refractivity contribution in [2.24, 2.45) is 0 Å². The number of carbonyl (C=O) groups is 1. The average Bonchev–Trinajstić information content (AvgIpc) is 3.44. The fourth-order valence-electron chi connectivity index (χ4n) is 3.73. The van der Waals surface area contributed by atoms with E-state index in [2.05, 4.69) is 20.4 Å². The summed E-state index contributed by atoms with van der Waals surface area (Å²) in [5.41, 5.74) is 0.937. The quantitative estimate of drug-likeness (QED) is 0.487. The van der Waals surface area contributed by atoms with Crippen LogP contribution in [0, 0.1) is 5.82 Å². The van der Waals surface area contributed by atoms with Gasteiger partial charge in [-0.15, -0.1) is 0 Å². The Bertz CT molecular complexity index is 1110. The summed E-state index contributed by atoms with van der Waals surface area (Å²) in [7, 11) is 1.49. The van der Waals surface area contributed by atoms with Gasteiger partial charge >= 0.3 is 6.09 Å². The first-order chi connectivity index (χ1) is 15.5. The Balaban J connectivity index is 1.62. The standard InChI is InChI=1S/C20H23FN6O5/c1-31-19-14(7-12(21)8-22-19)15-3-2-5-26(15)17-4-6-27-18(25-17)16(9-23-27)32-20(30)24-13(10-28)11-29/h4,6-9,13,15,28-29H,2-3,5,10-11H2,1H3,(H,24,30)/t15-/m1/s1. The second-order valence-electron chi connectivity index (χ2n) is 7.26. The Morgan fingerprint density at radius 3 is 2.94 bits per heavy atom. The SMILES string of the molecule is COc1ncc(F)cc1[C@H]1CCCN1c1ccn2ncc(OC(=O)NC(CO)CO)c2n1. The van der Waals surface area contributed by atoms with Gasteiger partial charge in [0.25, 0.3) is 0 Å². The lowest BCUT2D eigenvalue weighted by Gasteiger charge is -2.26. The molecule has 0 bridgehead atoms. The second kappa shape index (κ2) is 9.32. The molecule has 0 aromatic carbocycles. The summed E-state index contributed by atoms with van der Waals surface area (Å²) in [6, 6.07) is 2.17. The van der Waals surface area contributed by atoms with E-state index in [0.717, 1.165) is 19.0 Å². The molecule has 0 spiro atoms. The first kappa shape index (κ1) is 21.7. The number of anilines is 1. The highest BCUT2D eigenvalue weighted by molar-refractivity contribution is 5.73. The molecule has 0 unspecified atom stereocenters. The highest BCUT2D eigenvalue weighted by Crippen LogP contribution is 2.39. The van der Waals surface area contributed by atoms with Crippen LogP contribution >= 0.6 is 0 Å². The Hall–Kier alpha value is -3.51. The lowest BCUT2D eigenvalue weighted by molar-refractivity contribution is 0.153. The van der Waals surface area contributed by atoms with E-state index in [4.69, 9.17) is 19.7 Å². The van der Waals surface area contributed by atoms with E-state index in [1.165, 1.54) is 23.9 Å². The van der Waals surface area contributed by atoms with Gasteiger partial charge in [-0.25, -0.2) is 23.7 Å². The predicted molar refractivity (Wildman–Crippen MR) is 110 cm³/mol. The minimum Gasteiger partial charge on any atom is -0.481 e. The van der Waals surface area contributed by atoms with Gasteiger partial charge in [0.1, 0.15) is 11.6 Å². The summed E-state index contributed by atoms with van der Waals surface area (Å²) in [4.78, 5) is 22.7. The lowest BCUT2D eigenvalue weighted by Crippen LogP contribution is -2.41. The molecular formula is C20H23FN6O5. The number of fused-ring (bicyclic) bond motifs is 1. The first-order valence-electron chi connectivity index (χ1n) is 10.0. The van der Waals surface area contributed by atoms with Gasteiger partial charge in [0.2, 0.25) is 11.5 Å². The van der Waals surface area contributed by atoms with Crippen LogP contribution in [0.15, 0.2) is 30.7 Å². The summed E-state index contributed by atoms with van der Waals surface area (Å²) in [5, 5.41) is 24.7. The number of hydrogen-bond donors (Lipinski definition) is 3. The fourth-order valence-corrected chi connectivity index (χ4v) is 3.73. The highest BCUT2D eigenvalue weighted by Gasteiger charge is 2.31. The average molecular weight is 446 g/mol. The number of aromatic nitrogens is 4. The zero-order valence-electron chi connectivity index (χ0n) is 17.3. The van der Waals surface area contributed by atoms with Crippen LogP contribution in [-0.2, 0) is 0 Å². The van der Waals surface area contributed by atoms with Gasteiger partial charge < -0.3 is 29.9 Å². The van der Waals surface area contributed by atoms with Crippen LogP contribution in [0.5, 0.6) is 11.6 Å². The molecule has 1 aliphatic heterocycles. The smallest absolute Gasteiger partial charge is 0.413 e. The molecular weight excluding hydrogens is 423 g/mol. The Labute approximate surface area is 182 Å². The van der Waals surface area contributed by atoms with E-state index in [1.54, 1.807) is 12.3 Å². The molecule has 0 saturated carbocycles. The third-order valence-corrected chi connectivity index (χ3v) is 5.23. The largest absolute Gasteiger partial charge is 0.481 e. The van der Waals surface area contributed by atoms with E-state index < -0.39 is 31.2 Å². The van der Waals surface area contributed by atoms with Crippen molar-refractivity contribution in [1.82, 2.24) is 24.9 Å². The van der Waals surface area contributed by atoms with E-state index >= 15 is 0 Å². The van der Waals surface area contributed by atoms with Crippen LogP contribution in [0.2, 0.25) is 0 Å². The van der Waals surface area contributed by atoms with Crippen LogP contribution in [0.25, 0.3) is 5.65 Å². The molecule has 1 fully saturated rings. The van der Waals surface area contributed by atoms with Gasteiger partial charge in [0, 0.05) is 18.3 Å². The van der Waals surface area contributed by atoms with Crippen LogP contribution in [0.1, 0.15) is 24.4 Å². The molecule has 4 heterocycles. The van der Waals surface area contributed by atoms with Crippen molar-refractivity contribution in [1.29, 1.82) is 0 Å². The minimum absolute atomic E-state index is 0.111. The zero-order valence-corrected chi connectivity index (χ0v) is 17.3. The third-order valence-electron chi connectivity index (χ3n) is 5.23. The molecule has 1 aliphatic rings. The summed E-state index contributed by atoms with van der Waals surface area (Å²) in [6.45, 7) is -0.179. The number of methoxy groups -OCH3 is 1. The van der Waals surface area contributed by atoms with Crippen molar-refractivity contribution >= 4 is 17.6 Å². The van der Waals surface area contributed by atoms with Crippen LogP contribution in [-0.4, -0.2) is 68.8 Å². The number of rotatable bonds is 7. The molecule has 32 heavy (non-hydrogen) atoms. The number of ether oxygens (including phenoxy) is 2. The summed E-state index contributed by atoms with van der Waals surface area (Å²) < 4.78 is 26.0. The van der Waals surface area contributed by atoms with E-state index in [9.17, 15) is 9.18 Å². The monoisotopic (exact) mass is 446 g/mol. The summed E-state index contributed by atoms with van der Waals surface area (Å²) in [5.74, 6) is 0.620. The number of carbonyl (C=O) groups excluding carboxylic acids is 1. The molecule has 0 radical (unpaired) electrons. The maximum Gasteiger partial charge on any atom is 0.413 e. The number of nitrogens with one attached hydrogen (secondary N) is 1. The van der Waals surface area contributed by atoms with Crippen molar-refractivity contribution in [3.05, 3.63) is 42.1 Å². The molecule has 4 rings (SSSR count). The Kier molecular flexibility index (Phi) is 6.32. The number of aliphatic hydroxyl groups is 2. The van der Waals surface area contributed by atoms with E-state index in [-0.39, 0.29) is 11.8 Å². The maximum absolute atomic E-state index is 13.9. The van der Waals surface area contributed by atoms with Gasteiger partial charge in [-0.2, -0.15) is 5.10 Å². The number of hydrogen-bond acceptors (Lipinski definition) is 9. The lowest BCUT2D eigenvalue weighted by atomic mass is 10.1. The molecule has 3 N–H and O–H groups in total. The minimum atomic E-state index is -0.852. The topological polar surface area (TPSA) is 134 Å². The molecule has 12 heteroatoms. The fraction of sp³-hybridized carbons (Fsp3) is 0.400. The second-order valence-corrected chi connectivity index (χ2v) is 7.26. The number of nitrogens with zero attached hydrogens (tertiary/aromatic N) is 5. The van der Waals surface area contributed by atoms with Crippen molar-refractivity contribution in [3.8, 4) is 11.6 Å². The van der Waals surface area contributed by atoms with Crippen molar-refractivity contribution in [3.63, 3.8) is 0 Å². The zero-order chi connectivity index (χ0) is 22.7. The van der Waals surface area contributed by atoms with E-state index in [1.807, 2.05) is 4.90 Å². The molecule has 3 aromatic heterocycles. The van der Waals surface area contributed by atoms with Gasteiger partial charge in [-0.05, 0) is 25.0 Å². The van der Waals surface area contributed by atoms with Crippen molar-refractivity contribution < 1.29 is 28.9 Å². The van der Waals surface area contributed by atoms with Crippen molar-refractivity contribution in [2.45, 2.75) is 24.9 Å². The predicted octanol–water partition coefficient (Wildman–Crippen LogP) is 1.06. The van der Waals surface area contributed by atoms with Crippen LogP contribution in [0.3, 0.4) is 0 Å². The van der Waals surface area contributed by atoms with Gasteiger partial charge in [0.15, 0.2) is 5.75 Å². The number of halogens is 1. The molecule has 11 nitrogen and oxygen atoms in total. The molecule has 1 saturated heterocycles. The Morgan fingerprint density at radius 1 is 1.38 bits per heavy atom. The van der Waals surface area contributed by atoms with Crippen LogP contribution < -0.4 is 19.7 Å². The number of aliphatic hydroxyl groups excluding tert-OH is 2. The van der Waals surface area contributed by atoms with Gasteiger partial charge in [-0.3, -0.25) is 0 Å². The summed E-state index contributed by atoms with van der Waals surface area (Å²) >= 11 is 0. The third kappa shape index (κ3) is 4.27. The summed E-state index contributed by atoms with van der Waals surface area (Å²) in [6.07, 6.45) is 4.93. The Morgan fingerprint density at radius 2 is 2.19 bits per heavy atom. The van der Waals surface area contributed by atoms with E-state index in [0.29, 0.717) is 29.5 Å². The highest BCUT2D eigenvalue weighted by atomic mass is 19.1. The molecule has 0 aliphatic carbocycles. The molecule has 3 aromatic rings. The van der Waals surface area contributed by atoms with Crippen LogP contribution in [0.4, 0.5) is 15.0 Å². The molecule has 1 amide bonds. The molecule has 1 atom stereocenters. The normalized spacial score (nSPS) is 16.0. The first-order valence-corrected chi connectivity index (χ1v) is 10.0. The number of amides is 1. The number of pyridine rings is 1. The van der Waals surface area contributed by atoms with Gasteiger partial charge in [-0.1, -0.05) is 0 Å². The van der Waals surface area contributed by atoms with Crippen molar-refractivity contribution in [2.75, 3.05) is 31.8 Å². The molecule has 170 valence electrons. The maximum atomic E-state index is 13.9.